The summed E-state index contributed by atoms with van der Waals surface area (Å²) in [6.45, 7) is -0.247. The molecule has 0 heterocycles. The van der Waals surface area contributed by atoms with Gasteiger partial charge in [-0.05, 0) is 39.6 Å². The molecule has 0 aliphatic carbocycles. The van der Waals surface area contributed by atoms with E-state index in [2.05, 4.69) is 21.3 Å². The molecule has 0 radical (unpaired) electrons. The summed E-state index contributed by atoms with van der Waals surface area (Å²) in [6, 6.07) is 29.2. The largest absolute Gasteiger partial charge is 0.481 e. The first-order valence-electron chi connectivity index (χ1n) is 12.8. The van der Waals surface area contributed by atoms with Crippen LogP contribution in [0, 0.1) is 0 Å². The van der Waals surface area contributed by atoms with Crippen LogP contribution >= 0.6 is 0 Å². The third kappa shape index (κ3) is 8.16. The molecular weight excluding hydrogens is 508 g/mol. The summed E-state index contributed by atoms with van der Waals surface area (Å²) in [4.78, 5) is 48.2. The monoisotopic (exact) mass is 538 g/mol. The van der Waals surface area contributed by atoms with Gasteiger partial charge in [0.2, 0.25) is 11.8 Å². The zero-order valence-corrected chi connectivity index (χ0v) is 21.7. The Bertz CT molecular complexity index is 1490. The number of anilines is 1. The van der Waals surface area contributed by atoms with Gasteiger partial charge < -0.3 is 26.4 Å². The number of carbonyl (C=O) groups is 4. The molecule has 0 aromatic heterocycles. The topological polar surface area (TPSA) is 137 Å². The second-order valence-electron chi connectivity index (χ2n) is 9.18. The number of benzene rings is 4. The summed E-state index contributed by atoms with van der Waals surface area (Å²) in [5.41, 5.74) is 3.26. The molecule has 204 valence electrons. The Balaban J connectivity index is 1.21. The summed E-state index contributed by atoms with van der Waals surface area (Å²) in [6.07, 6.45) is -0.335. The minimum absolute atomic E-state index is 0.0298. The van der Waals surface area contributed by atoms with E-state index in [9.17, 15) is 24.3 Å². The molecule has 4 amide bonds. The Morgan fingerprint density at radius 3 is 2.10 bits per heavy atom. The Kier molecular flexibility index (Phi) is 9.44. The van der Waals surface area contributed by atoms with Gasteiger partial charge >= 0.3 is 12.0 Å². The maximum Gasteiger partial charge on any atom is 0.319 e. The highest BCUT2D eigenvalue weighted by atomic mass is 16.4. The summed E-state index contributed by atoms with van der Waals surface area (Å²) in [5, 5.41) is 21.9. The molecule has 0 saturated heterocycles. The van der Waals surface area contributed by atoms with Crippen LogP contribution in [0.15, 0.2) is 97.1 Å². The van der Waals surface area contributed by atoms with Crippen molar-refractivity contribution in [3.05, 3.63) is 103 Å². The molecule has 40 heavy (non-hydrogen) atoms. The number of hydrogen-bond acceptors (Lipinski definition) is 4. The number of carboxylic acids is 1. The van der Waals surface area contributed by atoms with E-state index in [0.29, 0.717) is 11.3 Å². The van der Waals surface area contributed by atoms with Crippen molar-refractivity contribution in [2.45, 2.75) is 18.9 Å². The van der Waals surface area contributed by atoms with E-state index in [1.165, 1.54) is 0 Å². The van der Waals surface area contributed by atoms with E-state index in [4.69, 9.17) is 0 Å². The van der Waals surface area contributed by atoms with Gasteiger partial charge in [0.25, 0.3) is 0 Å². The second kappa shape index (κ2) is 13.6. The van der Waals surface area contributed by atoms with Gasteiger partial charge in [-0.15, -0.1) is 0 Å². The van der Waals surface area contributed by atoms with E-state index in [-0.39, 0.29) is 25.9 Å². The lowest BCUT2D eigenvalue weighted by molar-refractivity contribution is -0.138. The van der Waals surface area contributed by atoms with E-state index in [1.54, 1.807) is 18.2 Å². The van der Waals surface area contributed by atoms with Crippen molar-refractivity contribution in [1.82, 2.24) is 16.0 Å². The molecule has 9 nitrogen and oxygen atoms in total. The molecular formula is C31H30N4O5. The second-order valence-corrected chi connectivity index (χ2v) is 9.18. The predicted molar refractivity (Wildman–Crippen MR) is 154 cm³/mol. The lowest BCUT2D eigenvalue weighted by Gasteiger charge is -2.18. The molecule has 5 N–H and O–H groups in total. The van der Waals surface area contributed by atoms with Gasteiger partial charge in [0.05, 0.1) is 19.0 Å². The van der Waals surface area contributed by atoms with Gasteiger partial charge in [-0.1, -0.05) is 84.9 Å². The summed E-state index contributed by atoms with van der Waals surface area (Å²) < 4.78 is 0. The third-order valence-corrected chi connectivity index (χ3v) is 6.23. The minimum atomic E-state index is -1.06. The van der Waals surface area contributed by atoms with E-state index in [1.807, 2.05) is 78.9 Å². The van der Waals surface area contributed by atoms with Crippen molar-refractivity contribution in [3.63, 3.8) is 0 Å². The van der Waals surface area contributed by atoms with Crippen LogP contribution in [-0.4, -0.2) is 42.0 Å². The number of carboxylic acid groups (broad SMARTS) is 1. The molecule has 0 bridgehead atoms. The number of fused-ring (bicyclic) bond motifs is 1. The Labute approximate surface area is 231 Å². The molecule has 9 heteroatoms. The van der Waals surface area contributed by atoms with Crippen molar-refractivity contribution < 1.29 is 24.3 Å². The van der Waals surface area contributed by atoms with Crippen LogP contribution in [0.4, 0.5) is 10.5 Å². The summed E-state index contributed by atoms with van der Waals surface area (Å²) in [7, 11) is 0. The smallest absolute Gasteiger partial charge is 0.319 e. The molecule has 0 fully saturated rings. The normalized spacial score (nSPS) is 11.3. The number of nitrogens with one attached hydrogen (secondary N) is 4. The van der Waals surface area contributed by atoms with Gasteiger partial charge in [-0.2, -0.15) is 0 Å². The average Bonchev–Trinajstić information content (AvgIpc) is 2.96. The van der Waals surface area contributed by atoms with E-state index < -0.39 is 29.9 Å². The Morgan fingerprint density at radius 1 is 0.700 bits per heavy atom. The van der Waals surface area contributed by atoms with Gasteiger partial charge in [0.15, 0.2) is 0 Å². The highest BCUT2D eigenvalue weighted by molar-refractivity contribution is 5.93. The summed E-state index contributed by atoms with van der Waals surface area (Å²) in [5.74, 6) is -2.01. The zero-order chi connectivity index (χ0) is 28.3. The molecule has 1 atom stereocenters. The van der Waals surface area contributed by atoms with Crippen LogP contribution in [0.25, 0.3) is 21.9 Å². The van der Waals surface area contributed by atoms with Crippen LogP contribution in [0.1, 0.15) is 24.4 Å². The standard InChI is InChI=1S/C31H30N4O5/c36-28(16-17-32-31(40)34-26-15-14-22-8-4-5-9-25(22)18-26)33-20-29(37)35-27(19-30(38)39)24-12-10-23(11-13-24)21-6-2-1-3-7-21/h1-15,18,27H,16-17,19-20H2,(H,33,36)(H,35,37)(H,38,39)(H2,32,34,40). The van der Waals surface area contributed by atoms with Crippen molar-refractivity contribution in [1.29, 1.82) is 0 Å². The Hall–Kier alpha value is -5.18. The number of carbonyl (C=O) groups excluding carboxylic acids is 3. The molecule has 0 saturated carbocycles. The maximum absolute atomic E-state index is 12.5. The summed E-state index contributed by atoms with van der Waals surface area (Å²) >= 11 is 0. The van der Waals surface area contributed by atoms with Crippen LogP contribution in [0.3, 0.4) is 0 Å². The van der Waals surface area contributed by atoms with Crippen LogP contribution in [0.2, 0.25) is 0 Å². The predicted octanol–water partition coefficient (Wildman–Crippen LogP) is 4.47. The number of amides is 4. The first kappa shape index (κ1) is 27.8. The van der Waals surface area contributed by atoms with Gasteiger partial charge in [-0.3, -0.25) is 14.4 Å². The molecule has 4 aromatic rings. The number of rotatable bonds is 11. The van der Waals surface area contributed by atoms with Gasteiger partial charge in [0, 0.05) is 18.7 Å². The fraction of sp³-hybridized carbons (Fsp3) is 0.161. The van der Waals surface area contributed by atoms with Crippen LogP contribution in [-0.2, 0) is 14.4 Å². The molecule has 4 rings (SSSR count). The minimum Gasteiger partial charge on any atom is -0.481 e. The SMILES string of the molecule is O=C(O)CC(NC(=O)CNC(=O)CCNC(=O)Nc1ccc2ccccc2c1)c1ccc(-c2ccccc2)cc1. The highest BCUT2D eigenvalue weighted by Gasteiger charge is 2.19. The van der Waals surface area contributed by atoms with Crippen molar-refractivity contribution in [2.75, 3.05) is 18.4 Å². The first-order chi connectivity index (χ1) is 19.4. The maximum atomic E-state index is 12.5. The van der Waals surface area contributed by atoms with Crippen molar-refractivity contribution >= 4 is 40.3 Å². The van der Waals surface area contributed by atoms with Crippen molar-refractivity contribution in [2.24, 2.45) is 0 Å². The molecule has 0 spiro atoms. The number of hydrogen-bond donors (Lipinski definition) is 5. The fourth-order valence-corrected chi connectivity index (χ4v) is 4.21. The van der Waals surface area contributed by atoms with Gasteiger partial charge in [0.1, 0.15) is 0 Å². The van der Waals surface area contributed by atoms with E-state index in [0.717, 1.165) is 21.9 Å². The van der Waals surface area contributed by atoms with E-state index >= 15 is 0 Å². The molecule has 0 aliphatic rings. The molecule has 0 aliphatic heterocycles. The lowest BCUT2D eigenvalue weighted by atomic mass is 9.99. The van der Waals surface area contributed by atoms with Crippen LogP contribution in [0.5, 0.6) is 0 Å². The highest BCUT2D eigenvalue weighted by Crippen LogP contribution is 2.23. The van der Waals surface area contributed by atoms with Crippen LogP contribution < -0.4 is 21.3 Å². The van der Waals surface area contributed by atoms with Gasteiger partial charge in [-0.25, -0.2) is 4.79 Å². The average molecular weight is 539 g/mol. The number of urea groups is 1. The molecule has 4 aromatic carbocycles. The lowest BCUT2D eigenvalue weighted by Crippen LogP contribution is -2.40. The number of aliphatic carboxylic acids is 1. The zero-order valence-electron chi connectivity index (χ0n) is 21.7. The van der Waals surface area contributed by atoms with Crippen molar-refractivity contribution in [3.8, 4) is 11.1 Å². The quantitative estimate of drug-likeness (QED) is 0.192. The third-order valence-electron chi connectivity index (χ3n) is 6.23. The first-order valence-corrected chi connectivity index (χ1v) is 12.8. The Morgan fingerprint density at radius 2 is 1.38 bits per heavy atom. The fourth-order valence-electron chi connectivity index (χ4n) is 4.21. The molecule has 1 unspecified atom stereocenters.